The molecule has 3 aromatic heterocycles. The lowest BCUT2D eigenvalue weighted by Gasteiger charge is -2.13. The number of nitrogens with zero attached hydrogens (tertiary/aromatic N) is 1. The Morgan fingerprint density at radius 2 is 1.83 bits per heavy atom. The molecule has 0 saturated heterocycles. The van der Waals surface area contributed by atoms with Crippen LogP contribution in [0.25, 0.3) is 21.1 Å². The van der Waals surface area contributed by atoms with Crippen LogP contribution in [-0.4, -0.2) is 28.2 Å². The monoisotopic (exact) mass is 441 g/mol. The Kier molecular flexibility index (Phi) is 6.03. The number of carbonyl (C=O) groups is 1. The third-order valence-electron chi connectivity index (χ3n) is 4.23. The van der Waals surface area contributed by atoms with Crippen molar-refractivity contribution in [1.82, 2.24) is 9.97 Å². The molecule has 0 aliphatic heterocycles. The van der Waals surface area contributed by atoms with E-state index in [9.17, 15) is 4.79 Å². The number of aromatic nitrogens is 2. The van der Waals surface area contributed by atoms with Crippen molar-refractivity contribution in [3.63, 3.8) is 0 Å². The molecule has 0 bridgehead atoms. The molecule has 1 atom stereocenters. The van der Waals surface area contributed by atoms with Gasteiger partial charge in [-0.1, -0.05) is 36.0 Å². The van der Waals surface area contributed by atoms with Crippen molar-refractivity contribution in [1.29, 1.82) is 0 Å². The van der Waals surface area contributed by atoms with Gasteiger partial charge in [0.15, 0.2) is 5.16 Å². The Bertz CT molecular complexity index is 1040. The summed E-state index contributed by atoms with van der Waals surface area (Å²) in [5.41, 5.74) is 2.56. The summed E-state index contributed by atoms with van der Waals surface area (Å²) in [4.78, 5) is 23.1. The minimum atomic E-state index is -0.335. The van der Waals surface area contributed by atoms with Gasteiger partial charge in [-0.25, -0.2) is 4.98 Å². The van der Waals surface area contributed by atoms with E-state index in [0.717, 1.165) is 26.3 Å². The van der Waals surface area contributed by atoms with Crippen molar-refractivity contribution < 1.29 is 9.53 Å². The van der Waals surface area contributed by atoms with Crippen LogP contribution in [0.3, 0.4) is 0 Å². The fourth-order valence-corrected chi connectivity index (χ4v) is 5.05. The zero-order valence-corrected chi connectivity index (χ0v) is 18.3. The summed E-state index contributed by atoms with van der Waals surface area (Å²) in [6.45, 7) is 1.87. The first-order chi connectivity index (χ1) is 14.2. The van der Waals surface area contributed by atoms with Crippen LogP contribution in [0.4, 0.5) is 5.69 Å². The molecule has 4 aromatic rings. The van der Waals surface area contributed by atoms with Crippen molar-refractivity contribution in [2.24, 2.45) is 0 Å². The van der Waals surface area contributed by atoms with Gasteiger partial charge >= 0.3 is 0 Å². The van der Waals surface area contributed by atoms with Gasteiger partial charge in [0, 0.05) is 0 Å². The molecule has 1 amide bonds. The van der Waals surface area contributed by atoms with Gasteiger partial charge in [0.05, 0.1) is 33.5 Å². The molecule has 0 fully saturated rings. The zero-order valence-electron chi connectivity index (χ0n) is 15.8. The first-order valence-electron chi connectivity index (χ1n) is 8.94. The summed E-state index contributed by atoms with van der Waals surface area (Å²) in [6.07, 6.45) is 0. The summed E-state index contributed by atoms with van der Waals surface area (Å²) in [6, 6.07) is 15.5. The average molecular weight is 442 g/mol. The van der Waals surface area contributed by atoms with Crippen LogP contribution >= 0.6 is 34.4 Å². The van der Waals surface area contributed by atoms with E-state index >= 15 is 0 Å². The normalized spacial score (nSPS) is 11.9. The predicted octanol–water partition coefficient (Wildman–Crippen LogP) is 5.99. The molecule has 2 N–H and O–H groups in total. The van der Waals surface area contributed by atoms with Crippen LogP contribution < -0.4 is 10.1 Å². The molecule has 0 unspecified atom stereocenters. The molecule has 0 aliphatic rings. The number of rotatable bonds is 7. The number of amides is 1. The Morgan fingerprint density at radius 1 is 1.10 bits per heavy atom. The number of hydrogen-bond donors (Lipinski definition) is 2. The summed E-state index contributed by atoms with van der Waals surface area (Å²) in [5, 5.41) is 7.41. The first-order valence-corrected chi connectivity index (χ1v) is 11.6. The summed E-state index contributed by atoms with van der Waals surface area (Å²) < 4.78 is 5.31. The highest BCUT2D eigenvalue weighted by atomic mass is 32.2. The molecule has 0 radical (unpaired) electrons. The van der Waals surface area contributed by atoms with Crippen LogP contribution in [-0.2, 0) is 4.79 Å². The third-order valence-corrected chi connectivity index (χ3v) is 6.97. The summed E-state index contributed by atoms with van der Waals surface area (Å²) >= 11 is 4.72. The Hall–Kier alpha value is -2.55. The number of H-pyrrole nitrogens is 1. The second kappa shape index (κ2) is 8.86. The number of anilines is 1. The van der Waals surface area contributed by atoms with E-state index in [-0.39, 0.29) is 11.2 Å². The lowest BCUT2D eigenvalue weighted by Crippen LogP contribution is -2.22. The van der Waals surface area contributed by atoms with E-state index in [1.165, 1.54) is 11.8 Å². The number of benzene rings is 1. The number of thiophene rings is 2. The quantitative estimate of drug-likeness (QED) is 0.346. The number of carbonyl (C=O) groups excluding carboxylic acids is 1. The van der Waals surface area contributed by atoms with Gasteiger partial charge in [0.25, 0.3) is 0 Å². The van der Waals surface area contributed by atoms with Gasteiger partial charge in [-0.15, -0.1) is 22.7 Å². The topological polar surface area (TPSA) is 67.0 Å². The van der Waals surface area contributed by atoms with Crippen molar-refractivity contribution in [3.8, 4) is 26.9 Å². The highest BCUT2D eigenvalue weighted by Crippen LogP contribution is 2.37. The van der Waals surface area contributed by atoms with Gasteiger partial charge < -0.3 is 15.0 Å². The number of nitrogens with one attached hydrogen (secondary N) is 2. The number of thioether (sulfide) groups is 1. The van der Waals surface area contributed by atoms with Crippen molar-refractivity contribution >= 4 is 46.0 Å². The minimum Gasteiger partial charge on any atom is -0.495 e. The molecule has 3 heterocycles. The summed E-state index contributed by atoms with van der Waals surface area (Å²) in [7, 11) is 1.59. The molecule has 29 heavy (non-hydrogen) atoms. The first kappa shape index (κ1) is 19.8. The van der Waals surface area contributed by atoms with Crippen LogP contribution in [0.1, 0.15) is 6.92 Å². The van der Waals surface area contributed by atoms with Gasteiger partial charge in [-0.2, -0.15) is 0 Å². The van der Waals surface area contributed by atoms with Crippen molar-refractivity contribution in [2.45, 2.75) is 17.3 Å². The molecule has 5 nitrogen and oxygen atoms in total. The largest absolute Gasteiger partial charge is 0.495 e. The van der Waals surface area contributed by atoms with E-state index in [2.05, 4.69) is 22.4 Å². The number of hydrogen-bond acceptors (Lipinski definition) is 6. The fraction of sp³-hybridized carbons (Fsp3) is 0.143. The lowest BCUT2D eigenvalue weighted by atomic mass is 10.2. The SMILES string of the molecule is COc1ccccc1NC(=O)[C@H](C)Sc1nc(-c2cccs2)c(-c2cccs2)[nH]1. The second-order valence-electron chi connectivity index (χ2n) is 6.17. The number of imidazole rings is 1. The van der Waals surface area contributed by atoms with Crippen LogP contribution in [0.2, 0.25) is 0 Å². The minimum absolute atomic E-state index is 0.105. The van der Waals surface area contributed by atoms with Gasteiger partial charge in [0.2, 0.25) is 5.91 Å². The van der Waals surface area contributed by atoms with Crippen molar-refractivity contribution in [2.75, 3.05) is 12.4 Å². The molecular weight excluding hydrogens is 422 g/mol. The molecule has 0 spiro atoms. The molecule has 1 aromatic carbocycles. The number of ether oxygens (including phenoxy) is 1. The van der Waals surface area contributed by atoms with Crippen molar-refractivity contribution in [3.05, 3.63) is 59.3 Å². The van der Waals surface area contributed by atoms with E-state index in [1.807, 2.05) is 54.1 Å². The maximum absolute atomic E-state index is 12.7. The van der Waals surface area contributed by atoms with Crippen LogP contribution in [0, 0.1) is 0 Å². The Morgan fingerprint density at radius 3 is 2.52 bits per heavy atom. The highest BCUT2D eigenvalue weighted by molar-refractivity contribution is 8.00. The molecule has 4 rings (SSSR count). The molecule has 8 heteroatoms. The summed E-state index contributed by atoms with van der Waals surface area (Å²) in [5.74, 6) is 0.530. The number of para-hydroxylation sites is 2. The smallest absolute Gasteiger partial charge is 0.237 e. The Balaban J connectivity index is 1.54. The molecule has 148 valence electrons. The number of methoxy groups -OCH3 is 1. The molecule has 0 aliphatic carbocycles. The molecule has 0 saturated carbocycles. The zero-order chi connectivity index (χ0) is 20.2. The predicted molar refractivity (Wildman–Crippen MR) is 122 cm³/mol. The average Bonchev–Trinajstić information content (AvgIpc) is 3.48. The van der Waals surface area contributed by atoms with Crippen LogP contribution in [0.5, 0.6) is 5.75 Å². The highest BCUT2D eigenvalue weighted by Gasteiger charge is 2.21. The Labute approximate surface area is 181 Å². The van der Waals surface area contributed by atoms with E-state index < -0.39 is 0 Å². The number of aromatic amines is 1. The van der Waals surface area contributed by atoms with E-state index in [1.54, 1.807) is 29.8 Å². The molecular formula is C21H19N3O2S3. The van der Waals surface area contributed by atoms with Crippen LogP contribution in [0.15, 0.2) is 64.4 Å². The second-order valence-corrected chi connectivity index (χ2v) is 9.39. The third kappa shape index (κ3) is 4.39. The maximum Gasteiger partial charge on any atom is 0.237 e. The van der Waals surface area contributed by atoms with Gasteiger partial charge in [-0.3, -0.25) is 4.79 Å². The van der Waals surface area contributed by atoms with E-state index in [4.69, 9.17) is 9.72 Å². The fourth-order valence-electron chi connectivity index (χ4n) is 2.80. The standard InChI is InChI=1S/C21H19N3O2S3/c1-13(20(25)22-14-7-3-4-8-15(14)26-2)29-21-23-18(16-9-5-11-27-16)19(24-21)17-10-6-12-28-17/h3-13H,1-2H3,(H,22,25)(H,23,24)/t13-/m0/s1. The van der Waals surface area contributed by atoms with E-state index in [0.29, 0.717) is 11.4 Å². The van der Waals surface area contributed by atoms with Gasteiger partial charge in [0.1, 0.15) is 11.4 Å². The maximum atomic E-state index is 12.7. The lowest BCUT2D eigenvalue weighted by molar-refractivity contribution is -0.115. The van der Waals surface area contributed by atoms with Gasteiger partial charge in [-0.05, 0) is 41.9 Å².